The molecule has 172 valence electrons. The van der Waals surface area contributed by atoms with Gasteiger partial charge < -0.3 is 25.8 Å². The van der Waals surface area contributed by atoms with Crippen LogP contribution in [0.15, 0.2) is 127 Å². The predicted octanol–water partition coefficient (Wildman–Crippen LogP) is 7.91. The molecule has 0 aliphatic rings. The number of nitrogen functional groups attached to an aromatic ring is 2. The smallest absolute Gasteiger partial charge is 0.127 e. The third-order valence-electron chi connectivity index (χ3n) is 5.44. The summed E-state index contributed by atoms with van der Waals surface area (Å²) in [4.78, 5) is 2.18. The quantitative estimate of drug-likeness (QED) is 0.242. The fraction of sp³-hybridized carbons (Fsp3) is 0. The van der Waals surface area contributed by atoms with Crippen molar-refractivity contribution in [1.82, 2.24) is 0 Å². The van der Waals surface area contributed by atoms with Crippen LogP contribution in [0.5, 0.6) is 23.0 Å². The molecule has 4 N–H and O–H groups in total. The van der Waals surface area contributed by atoms with Gasteiger partial charge in [0.05, 0.1) is 0 Å². The van der Waals surface area contributed by atoms with Crippen molar-refractivity contribution < 1.29 is 9.47 Å². The van der Waals surface area contributed by atoms with Gasteiger partial charge in [-0.2, -0.15) is 0 Å². The van der Waals surface area contributed by atoms with Gasteiger partial charge in [-0.15, -0.1) is 0 Å². The van der Waals surface area contributed by atoms with E-state index in [1.807, 2.05) is 115 Å². The Bertz CT molecular complexity index is 1280. The van der Waals surface area contributed by atoms with Gasteiger partial charge in [0.15, 0.2) is 0 Å². The molecule has 0 saturated carbocycles. The fourth-order valence-corrected chi connectivity index (χ4v) is 3.69. The van der Waals surface area contributed by atoms with E-state index >= 15 is 0 Å². The van der Waals surface area contributed by atoms with E-state index in [-0.39, 0.29) is 0 Å². The fourth-order valence-electron chi connectivity index (χ4n) is 3.69. The lowest BCUT2D eigenvalue weighted by Crippen LogP contribution is -2.09. The average Bonchev–Trinajstić information content (AvgIpc) is 2.90. The van der Waals surface area contributed by atoms with Crippen LogP contribution in [0.4, 0.5) is 28.4 Å². The first-order chi connectivity index (χ1) is 17.1. The molecule has 5 nitrogen and oxygen atoms in total. The number of nitrogens with two attached hydrogens (primary N) is 2. The number of nitrogens with zero attached hydrogens (tertiary/aromatic N) is 1. The molecule has 0 fully saturated rings. The van der Waals surface area contributed by atoms with Crippen molar-refractivity contribution in [3.05, 3.63) is 127 Å². The van der Waals surface area contributed by atoms with Crippen molar-refractivity contribution in [2.24, 2.45) is 0 Å². The van der Waals surface area contributed by atoms with Gasteiger partial charge >= 0.3 is 0 Å². The van der Waals surface area contributed by atoms with Gasteiger partial charge in [-0.1, -0.05) is 18.2 Å². The molecule has 0 radical (unpaired) electrons. The number of hydrogen-bond acceptors (Lipinski definition) is 5. The normalized spacial score (nSPS) is 10.5. The van der Waals surface area contributed by atoms with Gasteiger partial charge in [-0.3, -0.25) is 0 Å². The lowest BCUT2D eigenvalue weighted by molar-refractivity contribution is 0.482. The highest BCUT2D eigenvalue weighted by atomic mass is 16.5. The summed E-state index contributed by atoms with van der Waals surface area (Å²) in [7, 11) is 0. The first kappa shape index (κ1) is 21.9. The van der Waals surface area contributed by atoms with Gasteiger partial charge in [-0.05, 0) is 109 Å². The highest BCUT2D eigenvalue weighted by Crippen LogP contribution is 2.37. The monoisotopic (exact) mass is 459 g/mol. The van der Waals surface area contributed by atoms with Crippen LogP contribution in [0.25, 0.3) is 0 Å². The van der Waals surface area contributed by atoms with E-state index in [2.05, 4.69) is 17.0 Å². The molecule has 0 atom stereocenters. The second-order valence-electron chi connectivity index (χ2n) is 8.00. The second-order valence-corrected chi connectivity index (χ2v) is 8.00. The minimum Gasteiger partial charge on any atom is -0.457 e. The first-order valence-corrected chi connectivity index (χ1v) is 11.3. The van der Waals surface area contributed by atoms with Gasteiger partial charge in [0.1, 0.15) is 23.0 Å². The molecule has 0 spiro atoms. The van der Waals surface area contributed by atoms with E-state index in [0.717, 1.165) is 40.1 Å². The molecule has 0 heterocycles. The maximum atomic E-state index is 5.96. The van der Waals surface area contributed by atoms with Crippen molar-refractivity contribution in [3.8, 4) is 23.0 Å². The van der Waals surface area contributed by atoms with Crippen LogP contribution in [0.2, 0.25) is 0 Å². The third-order valence-corrected chi connectivity index (χ3v) is 5.44. The molecule has 35 heavy (non-hydrogen) atoms. The highest BCUT2D eigenvalue weighted by molar-refractivity contribution is 5.77. The summed E-state index contributed by atoms with van der Waals surface area (Å²) in [5, 5.41) is 0. The minimum atomic E-state index is 0.705. The predicted molar refractivity (Wildman–Crippen MR) is 143 cm³/mol. The summed E-state index contributed by atoms with van der Waals surface area (Å²) in [6.07, 6.45) is 0. The number of ether oxygens (including phenoxy) is 2. The summed E-state index contributed by atoms with van der Waals surface area (Å²) < 4.78 is 11.9. The molecule has 0 aliphatic carbocycles. The van der Waals surface area contributed by atoms with Gasteiger partial charge in [0.2, 0.25) is 0 Å². The Morgan fingerprint density at radius 2 is 0.686 bits per heavy atom. The largest absolute Gasteiger partial charge is 0.457 e. The molecule has 0 aromatic heterocycles. The van der Waals surface area contributed by atoms with Crippen molar-refractivity contribution >= 4 is 28.4 Å². The Morgan fingerprint density at radius 1 is 0.371 bits per heavy atom. The van der Waals surface area contributed by atoms with Gasteiger partial charge in [-0.25, -0.2) is 0 Å². The number of hydrogen-bond donors (Lipinski definition) is 2. The summed E-state index contributed by atoms with van der Waals surface area (Å²) in [6, 6.07) is 40.9. The highest BCUT2D eigenvalue weighted by Gasteiger charge is 2.13. The number of benzene rings is 5. The molecular weight excluding hydrogens is 434 g/mol. The molecule has 0 bridgehead atoms. The molecule has 0 saturated heterocycles. The van der Waals surface area contributed by atoms with E-state index in [9.17, 15) is 0 Å². The van der Waals surface area contributed by atoms with Gasteiger partial charge in [0, 0.05) is 28.4 Å². The average molecular weight is 460 g/mol. The first-order valence-electron chi connectivity index (χ1n) is 11.3. The number of anilines is 5. The molecule has 0 amide bonds. The molecule has 0 aliphatic heterocycles. The van der Waals surface area contributed by atoms with Crippen LogP contribution in [0, 0.1) is 0 Å². The zero-order valence-electron chi connectivity index (χ0n) is 19.0. The number of para-hydroxylation sites is 1. The third kappa shape index (κ3) is 5.37. The molecule has 5 heteroatoms. The molecule has 5 aromatic rings. The summed E-state index contributed by atoms with van der Waals surface area (Å²) in [5.74, 6) is 2.98. The van der Waals surface area contributed by atoms with E-state index in [0.29, 0.717) is 11.4 Å². The SMILES string of the molecule is Nc1ccc(Oc2ccc(N(c3ccccc3)c3ccc(Oc4ccc(N)cc4)cc3)cc2)cc1. The summed E-state index contributed by atoms with van der Waals surface area (Å²) in [5.41, 5.74) is 16.0. The lowest BCUT2D eigenvalue weighted by Gasteiger charge is -2.25. The Labute approximate surface area is 204 Å². The Kier molecular flexibility index (Phi) is 6.22. The van der Waals surface area contributed by atoms with E-state index in [1.54, 1.807) is 0 Å². The molecule has 5 rings (SSSR count). The van der Waals surface area contributed by atoms with Crippen molar-refractivity contribution in [2.45, 2.75) is 0 Å². The second kappa shape index (κ2) is 9.93. The zero-order chi connectivity index (χ0) is 24.0. The van der Waals surface area contributed by atoms with Crippen LogP contribution in [-0.4, -0.2) is 0 Å². The maximum absolute atomic E-state index is 5.96. The van der Waals surface area contributed by atoms with Crippen LogP contribution in [0.1, 0.15) is 0 Å². The zero-order valence-corrected chi connectivity index (χ0v) is 19.0. The van der Waals surface area contributed by atoms with Crippen molar-refractivity contribution in [2.75, 3.05) is 16.4 Å². The standard InChI is InChI=1S/C30H25N3O2/c31-22-6-14-27(15-7-22)34-29-18-10-25(11-19-29)33(24-4-2-1-3-5-24)26-12-20-30(21-13-26)35-28-16-8-23(32)9-17-28/h1-21H,31-32H2. The number of rotatable bonds is 7. The van der Waals surface area contributed by atoms with Crippen LogP contribution < -0.4 is 25.8 Å². The molecule has 5 aromatic carbocycles. The van der Waals surface area contributed by atoms with E-state index in [4.69, 9.17) is 20.9 Å². The lowest BCUT2D eigenvalue weighted by atomic mass is 10.2. The van der Waals surface area contributed by atoms with Crippen LogP contribution >= 0.6 is 0 Å². The maximum Gasteiger partial charge on any atom is 0.127 e. The Balaban J connectivity index is 1.40. The molecule has 0 unspecified atom stereocenters. The molecular formula is C30H25N3O2. The minimum absolute atomic E-state index is 0.705. The van der Waals surface area contributed by atoms with E-state index < -0.39 is 0 Å². The van der Waals surface area contributed by atoms with E-state index in [1.165, 1.54) is 0 Å². The topological polar surface area (TPSA) is 73.7 Å². The van der Waals surface area contributed by atoms with Gasteiger partial charge in [0.25, 0.3) is 0 Å². The van der Waals surface area contributed by atoms with Crippen molar-refractivity contribution in [3.63, 3.8) is 0 Å². The summed E-state index contributed by atoms with van der Waals surface area (Å²) in [6.45, 7) is 0. The van der Waals surface area contributed by atoms with Crippen LogP contribution in [-0.2, 0) is 0 Å². The van der Waals surface area contributed by atoms with Crippen molar-refractivity contribution in [1.29, 1.82) is 0 Å². The van der Waals surface area contributed by atoms with Crippen LogP contribution in [0.3, 0.4) is 0 Å². The Morgan fingerprint density at radius 3 is 1.06 bits per heavy atom. The summed E-state index contributed by atoms with van der Waals surface area (Å²) >= 11 is 0. The Hall–Kier alpha value is -4.90.